The van der Waals surface area contributed by atoms with Crippen molar-refractivity contribution in [2.75, 3.05) is 20.3 Å². The van der Waals surface area contributed by atoms with Gasteiger partial charge in [-0.15, -0.1) is 0 Å². The Balaban J connectivity index is 1.81. The molecular formula is C17H22N2O2. The second-order valence-corrected chi connectivity index (χ2v) is 5.67. The maximum atomic E-state index is 6.01. The van der Waals surface area contributed by atoms with Gasteiger partial charge in [-0.25, -0.2) is 4.98 Å². The van der Waals surface area contributed by atoms with E-state index >= 15 is 0 Å². The van der Waals surface area contributed by atoms with Gasteiger partial charge in [0.1, 0.15) is 5.75 Å². The molecule has 0 saturated heterocycles. The SMILES string of the molecule is COc1cccc2c(OCC3CCCC3CN)nccc12. The molecule has 21 heavy (non-hydrogen) atoms. The molecule has 0 amide bonds. The topological polar surface area (TPSA) is 57.4 Å². The van der Waals surface area contributed by atoms with Gasteiger partial charge in [0.2, 0.25) is 5.88 Å². The lowest BCUT2D eigenvalue weighted by molar-refractivity contribution is 0.212. The van der Waals surface area contributed by atoms with Crippen LogP contribution in [0.25, 0.3) is 10.8 Å². The van der Waals surface area contributed by atoms with Crippen molar-refractivity contribution in [1.82, 2.24) is 4.98 Å². The molecular weight excluding hydrogens is 264 g/mol. The van der Waals surface area contributed by atoms with Crippen molar-refractivity contribution in [3.05, 3.63) is 30.5 Å². The Morgan fingerprint density at radius 2 is 2.05 bits per heavy atom. The van der Waals surface area contributed by atoms with Crippen LogP contribution in [0.2, 0.25) is 0 Å². The number of ether oxygens (including phenoxy) is 2. The first-order chi connectivity index (χ1) is 10.3. The third-order valence-corrected chi connectivity index (χ3v) is 4.50. The zero-order chi connectivity index (χ0) is 14.7. The van der Waals surface area contributed by atoms with E-state index in [0.29, 0.717) is 24.3 Å². The van der Waals surface area contributed by atoms with Gasteiger partial charge in [0.15, 0.2) is 0 Å². The first-order valence-electron chi connectivity index (χ1n) is 7.58. The van der Waals surface area contributed by atoms with E-state index in [4.69, 9.17) is 15.2 Å². The zero-order valence-corrected chi connectivity index (χ0v) is 12.4. The summed E-state index contributed by atoms with van der Waals surface area (Å²) in [6.45, 7) is 1.45. The van der Waals surface area contributed by atoms with Crippen molar-refractivity contribution in [3.63, 3.8) is 0 Å². The van der Waals surface area contributed by atoms with Crippen LogP contribution in [-0.2, 0) is 0 Å². The number of nitrogens with two attached hydrogens (primary N) is 1. The minimum Gasteiger partial charge on any atom is -0.496 e. The molecule has 4 heteroatoms. The van der Waals surface area contributed by atoms with E-state index in [1.54, 1.807) is 13.3 Å². The molecule has 1 fully saturated rings. The van der Waals surface area contributed by atoms with Crippen molar-refractivity contribution in [1.29, 1.82) is 0 Å². The number of rotatable bonds is 5. The minimum absolute atomic E-state index is 0.553. The average molecular weight is 286 g/mol. The zero-order valence-electron chi connectivity index (χ0n) is 12.4. The van der Waals surface area contributed by atoms with Crippen LogP contribution in [0, 0.1) is 11.8 Å². The number of benzene rings is 1. The second kappa shape index (κ2) is 6.31. The molecule has 3 rings (SSSR count). The number of pyridine rings is 1. The average Bonchev–Trinajstić information content (AvgIpc) is 2.99. The van der Waals surface area contributed by atoms with Crippen LogP contribution >= 0.6 is 0 Å². The van der Waals surface area contributed by atoms with Crippen LogP contribution in [-0.4, -0.2) is 25.2 Å². The molecule has 2 aromatic rings. The quantitative estimate of drug-likeness (QED) is 0.918. The number of methoxy groups -OCH3 is 1. The number of hydrogen-bond donors (Lipinski definition) is 1. The van der Waals surface area contributed by atoms with E-state index in [1.165, 1.54) is 19.3 Å². The molecule has 1 aromatic carbocycles. The number of nitrogens with zero attached hydrogens (tertiary/aromatic N) is 1. The van der Waals surface area contributed by atoms with Crippen LogP contribution in [0.3, 0.4) is 0 Å². The van der Waals surface area contributed by atoms with Gasteiger partial charge in [0.05, 0.1) is 13.7 Å². The van der Waals surface area contributed by atoms with Crippen LogP contribution in [0.15, 0.2) is 30.5 Å². The standard InChI is InChI=1S/C17H22N2O2/c1-20-16-7-3-6-15-14(16)8-9-19-17(15)21-11-13-5-2-4-12(13)10-18/h3,6-9,12-13H,2,4-5,10-11,18H2,1H3. The molecule has 1 aromatic heterocycles. The predicted octanol–water partition coefficient (Wildman–Crippen LogP) is 3.00. The fourth-order valence-electron chi connectivity index (χ4n) is 3.27. The van der Waals surface area contributed by atoms with Gasteiger partial charge < -0.3 is 15.2 Å². The van der Waals surface area contributed by atoms with E-state index < -0.39 is 0 Å². The molecule has 2 N–H and O–H groups in total. The lowest BCUT2D eigenvalue weighted by atomic mass is 9.97. The normalized spacial score (nSPS) is 21.6. The summed E-state index contributed by atoms with van der Waals surface area (Å²) in [5.41, 5.74) is 5.83. The van der Waals surface area contributed by atoms with Gasteiger partial charge in [0, 0.05) is 17.0 Å². The summed E-state index contributed by atoms with van der Waals surface area (Å²) in [6, 6.07) is 7.90. The molecule has 1 aliphatic carbocycles. The molecule has 1 heterocycles. The Morgan fingerprint density at radius 1 is 1.19 bits per heavy atom. The number of fused-ring (bicyclic) bond motifs is 1. The predicted molar refractivity (Wildman–Crippen MR) is 83.7 cm³/mol. The van der Waals surface area contributed by atoms with Gasteiger partial charge >= 0.3 is 0 Å². The number of hydrogen-bond acceptors (Lipinski definition) is 4. The summed E-state index contributed by atoms with van der Waals surface area (Å²) in [7, 11) is 1.68. The van der Waals surface area contributed by atoms with Gasteiger partial charge in [0.25, 0.3) is 0 Å². The van der Waals surface area contributed by atoms with Crippen molar-refractivity contribution < 1.29 is 9.47 Å². The van der Waals surface area contributed by atoms with Gasteiger partial charge in [-0.3, -0.25) is 0 Å². The van der Waals surface area contributed by atoms with E-state index in [-0.39, 0.29) is 0 Å². The largest absolute Gasteiger partial charge is 0.496 e. The Bertz CT molecular complexity index is 615. The van der Waals surface area contributed by atoms with Gasteiger partial charge in [-0.1, -0.05) is 12.5 Å². The Kier molecular flexibility index (Phi) is 4.25. The molecule has 0 aliphatic heterocycles. The fraction of sp³-hybridized carbons (Fsp3) is 0.471. The Hall–Kier alpha value is -1.81. The monoisotopic (exact) mass is 286 g/mol. The first kappa shape index (κ1) is 14.1. The van der Waals surface area contributed by atoms with Crippen LogP contribution in [0.4, 0.5) is 0 Å². The third kappa shape index (κ3) is 2.81. The molecule has 0 bridgehead atoms. The van der Waals surface area contributed by atoms with E-state index in [0.717, 1.165) is 23.1 Å². The summed E-state index contributed by atoms with van der Waals surface area (Å²) in [4.78, 5) is 4.39. The van der Waals surface area contributed by atoms with Crippen molar-refractivity contribution in [2.24, 2.45) is 17.6 Å². The molecule has 1 saturated carbocycles. The van der Waals surface area contributed by atoms with Crippen molar-refractivity contribution in [2.45, 2.75) is 19.3 Å². The third-order valence-electron chi connectivity index (χ3n) is 4.50. The molecule has 0 spiro atoms. The lowest BCUT2D eigenvalue weighted by Gasteiger charge is -2.18. The van der Waals surface area contributed by atoms with Gasteiger partial charge in [-0.2, -0.15) is 0 Å². The van der Waals surface area contributed by atoms with Crippen molar-refractivity contribution >= 4 is 10.8 Å². The summed E-state index contributed by atoms with van der Waals surface area (Å²) in [5, 5.41) is 2.03. The molecule has 0 radical (unpaired) electrons. The van der Waals surface area contributed by atoms with E-state index in [1.807, 2.05) is 24.3 Å². The van der Waals surface area contributed by atoms with E-state index in [9.17, 15) is 0 Å². The fourth-order valence-corrected chi connectivity index (χ4v) is 3.27. The summed E-state index contributed by atoms with van der Waals surface area (Å²) >= 11 is 0. The maximum absolute atomic E-state index is 6.01. The highest BCUT2D eigenvalue weighted by atomic mass is 16.5. The van der Waals surface area contributed by atoms with Crippen LogP contribution < -0.4 is 15.2 Å². The Labute approximate surface area is 125 Å². The highest BCUT2D eigenvalue weighted by Gasteiger charge is 2.26. The van der Waals surface area contributed by atoms with Crippen LogP contribution in [0.1, 0.15) is 19.3 Å². The van der Waals surface area contributed by atoms with Crippen LogP contribution in [0.5, 0.6) is 11.6 Å². The molecule has 4 nitrogen and oxygen atoms in total. The summed E-state index contributed by atoms with van der Waals surface area (Å²) < 4.78 is 11.4. The summed E-state index contributed by atoms with van der Waals surface area (Å²) in [5.74, 6) is 2.68. The Morgan fingerprint density at radius 3 is 2.86 bits per heavy atom. The van der Waals surface area contributed by atoms with Crippen molar-refractivity contribution in [3.8, 4) is 11.6 Å². The molecule has 1 aliphatic rings. The lowest BCUT2D eigenvalue weighted by Crippen LogP contribution is -2.23. The van der Waals surface area contributed by atoms with Gasteiger partial charge in [-0.05, 0) is 49.4 Å². The second-order valence-electron chi connectivity index (χ2n) is 5.67. The highest BCUT2D eigenvalue weighted by Crippen LogP contribution is 2.33. The smallest absolute Gasteiger partial charge is 0.221 e. The summed E-state index contributed by atoms with van der Waals surface area (Å²) in [6.07, 6.45) is 5.46. The number of aromatic nitrogens is 1. The molecule has 2 unspecified atom stereocenters. The molecule has 112 valence electrons. The minimum atomic E-state index is 0.553. The highest BCUT2D eigenvalue weighted by molar-refractivity contribution is 5.91. The first-order valence-corrected chi connectivity index (χ1v) is 7.58. The van der Waals surface area contributed by atoms with E-state index in [2.05, 4.69) is 4.98 Å². The molecule has 2 atom stereocenters. The maximum Gasteiger partial charge on any atom is 0.221 e.